The fourth-order valence-electron chi connectivity index (χ4n) is 2.63. The molecule has 0 aromatic heterocycles. The number of hydrogen-bond donors (Lipinski definition) is 2. The van der Waals surface area contributed by atoms with Crippen molar-refractivity contribution in [1.29, 1.82) is 0 Å². The molecule has 0 radical (unpaired) electrons. The van der Waals surface area contributed by atoms with Crippen molar-refractivity contribution in [2.45, 2.75) is 39.3 Å². The molecule has 0 saturated carbocycles. The molecule has 0 spiro atoms. The highest BCUT2D eigenvalue weighted by Gasteiger charge is 2.29. The lowest BCUT2D eigenvalue weighted by atomic mass is 10.0. The zero-order chi connectivity index (χ0) is 22.3. The average molecular weight is 418 g/mol. The van der Waals surface area contributed by atoms with Gasteiger partial charge in [0.25, 0.3) is 5.91 Å². The second-order valence-electron chi connectivity index (χ2n) is 7.14. The van der Waals surface area contributed by atoms with Crippen molar-refractivity contribution in [2.75, 3.05) is 5.32 Å². The lowest BCUT2D eigenvalue weighted by Crippen LogP contribution is -2.47. The van der Waals surface area contributed by atoms with Gasteiger partial charge in [0.2, 0.25) is 5.91 Å². The second-order valence-corrected chi connectivity index (χ2v) is 7.14. The molecule has 0 bridgehead atoms. The molecule has 30 heavy (non-hydrogen) atoms. The first kappa shape index (κ1) is 23.0. The van der Waals surface area contributed by atoms with E-state index in [9.17, 15) is 23.2 Å². The van der Waals surface area contributed by atoms with Crippen LogP contribution in [0.25, 0.3) is 0 Å². The Bertz CT molecular complexity index is 903. The molecule has 2 atom stereocenters. The molecule has 2 aromatic carbocycles. The summed E-state index contributed by atoms with van der Waals surface area (Å²) in [5, 5.41) is 4.87. The number of carbonyl (C=O) groups excluding carboxylic acids is 3. The lowest BCUT2D eigenvalue weighted by Gasteiger charge is -2.23. The molecule has 160 valence electrons. The van der Waals surface area contributed by atoms with Crippen LogP contribution >= 0.6 is 0 Å². The van der Waals surface area contributed by atoms with Crippen LogP contribution in [0.5, 0.6) is 0 Å². The van der Waals surface area contributed by atoms with Crippen molar-refractivity contribution in [2.24, 2.45) is 5.92 Å². The van der Waals surface area contributed by atoms with Crippen LogP contribution in [0.2, 0.25) is 0 Å². The number of amides is 2. The minimum absolute atomic E-state index is 0.0945. The van der Waals surface area contributed by atoms with Crippen LogP contribution < -0.4 is 10.6 Å². The first-order valence-corrected chi connectivity index (χ1v) is 9.47. The normalized spacial score (nSPS) is 12.7. The summed E-state index contributed by atoms with van der Waals surface area (Å²) in [5.74, 6) is -3.95. The van der Waals surface area contributed by atoms with E-state index in [0.29, 0.717) is 6.07 Å². The van der Waals surface area contributed by atoms with Gasteiger partial charge in [-0.15, -0.1) is 0 Å². The molecule has 0 saturated heterocycles. The molecule has 8 heteroatoms. The summed E-state index contributed by atoms with van der Waals surface area (Å²) >= 11 is 0. The number of anilines is 1. The highest BCUT2D eigenvalue weighted by Crippen LogP contribution is 2.16. The molecule has 0 aliphatic carbocycles. The summed E-state index contributed by atoms with van der Waals surface area (Å²) in [6.45, 7) is 4.78. The largest absolute Gasteiger partial charge is 0.451 e. The van der Waals surface area contributed by atoms with Crippen LogP contribution in [0.4, 0.5) is 14.5 Å². The Kier molecular flexibility index (Phi) is 8.03. The molecule has 0 unspecified atom stereocenters. The first-order chi connectivity index (χ1) is 14.2. The summed E-state index contributed by atoms with van der Waals surface area (Å²) in [7, 11) is 0. The van der Waals surface area contributed by atoms with Gasteiger partial charge in [0.05, 0.1) is 12.1 Å². The predicted molar refractivity (Wildman–Crippen MR) is 107 cm³/mol. The van der Waals surface area contributed by atoms with Gasteiger partial charge in [0.15, 0.2) is 6.10 Å². The van der Waals surface area contributed by atoms with E-state index in [1.54, 1.807) is 38.1 Å². The Morgan fingerprint density at radius 1 is 1.00 bits per heavy atom. The maximum absolute atomic E-state index is 13.7. The van der Waals surface area contributed by atoms with Crippen molar-refractivity contribution in [3.63, 3.8) is 0 Å². The van der Waals surface area contributed by atoms with Gasteiger partial charge in [-0.1, -0.05) is 44.2 Å². The molecule has 2 rings (SSSR count). The maximum Gasteiger partial charge on any atom is 0.329 e. The summed E-state index contributed by atoms with van der Waals surface area (Å²) in [6.07, 6.45) is -1.16. The molecule has 0 heterocycles. The summed E-state index contributed by atoms with van der Waals surface area (Å²) in [4.78, 5) is 37.0. The minimum Gasteiger partial charge on any atom is -0.451 e. The van der Waals surface area contributed by atoms with Crippen LogP contribution in [0, 0.1) is 17.6 Å². The zero-order valence-electron chi connectivity index (χ0n) is 16.9. The minimum atomic E-state index is -1.26. The Hall–Kier alpha value is -3.29. The van der Waals surface area contributed by atoms with E-state index >= 15 is 0 Å². The number of halogens is 2. The highest BCUT2D eigenvalue weighted by molar-refractivity contribution is 5.95. The van der Waals surface area contributed by atoms with E-state index < -0.39 is 35.7 Å². The summed E-state index contributed by atoms with van der Waals surface area (Å²) < 4.78 is 31.8. The third-order valence-corrected chi connectivity index (χ3v) is 4.30. The van der Waals surface area contributed by atoms with E-state index in [2.05, 4.69) is 10.6 Å². The quantitative estimate of drug-likeness (QED) is 0.645. The van der Waals surface area contributed by atoms with Gasteiger partial charge in [-0.2, -0.15) is 0 Å². The maximum atomic E-state index is 13.7. The number of nitrogens with one attached hydrogen (secondary N) is 2. The molecule has 2 amide bonds. The second kappa shape index (κ2) is 10.5. The fourth-order valence-corrected chi connectivity index (χ4v) is 2.63. The van der Waals surface area contributed by atoms with E-state index in [0.717, 1.165) is 17.7 Å². The van der Waals surface area contributed by atoms with E-state index in [1.807, 2.05) is 6.07 Å². The molecule has 0 aliphatic rings. The molecule has 0 fully saturated rings. The van der Waals surface area contributed by atoms with E-state index in [4.69, 9.17) is 4.74 Å². The Balaban J connectivity index is 1.95. The predicted octanol–water partition coefficient (Wildman–Crippen LogP) is 3.22. The SMILES string of the molecule is CC(C)[C@H](NC(=O)Cc1ccccc1)C(=O)O[C@H](C)C(=O)Nc1ccc(F)cc1F. The van der Waals surface area contributed by atoms with Crippen LogP contribution in [0.15, 0.2) is 48.5 Å². The number of carbonyl (C=O) groups is 3. The van der Waals surface area contributed by atoms with Gasteiger partial charge in [-0.25, -0.2) is 13.6 Å². The average Bonchev–Trinajstić information content (AvgIpc) is 2.68. The van der Waals surface area contributed by atoms with Crippen molar-refractivity contribution in [3.8, 4) is 0 Å². The molecular formula is C22H24F2N2O4. The number of rotatable bonds is 8. The molecule has 2 aromatic rings. The van der Waals surface area contributed by atoms with Gasteiger partial charge in [-0.05, 0) is 30.5 Å². The lowest BCUT2D eigenvalue weighted by molar-refractivity contribution is -0.157. The highest BCUT2D eigenvalue weighted by atomic mass is 19.1. The summed E-state index contributed by atoms with van der Waals surface area (Å²) in [6, 6.07) is 10.8. The third kappa shape index (κ3) is 6.65. The Morgan fingerprint density at radius 3 is 2.27 bits per heavy atom. The Morgan fingerprint density at radius 2 is 1.67 bits per heavy atom. The van der Waals surface area contributed by atoms with Crippen LogP contribution in [-0.4, -0.2) is 29.9 Å². The fraction of sp³-hybridized carbons (Fsp3) is 0.318. The van der Waals surface area contributed by atoms with Gasteiger partial charge >= 0.3 is 5.97 Å². The van der Waals surface area contributed by atoms with E-state index in [-0.39, 0.29) is 23.9 Å². The topological polar surface area (TPSA) is 84.5 Å². The monoisotopic (exact) mass is 418 g/mol. The molecule has 0 aliphatic heterocycles. The van der Waals surface area contributed by atoms with Gasteiger partial charge in [0, 0.05) is 6.07 Å². The zero-order valence-corrected chi connectivity index (χ0v) is 16.9. The van der Waals surface area contributed by atoms with Gasteiger partial charge < -0.3 is 15.4 Å². The smallest absolute Gasteiger partial charge is 0.329 e. The van der Waals surface area contributed by atoms with Gasteiger partial charge in [0.1, 0.15) is 17.7 Å². The molecule has 6 nitrogen and oxygen atoms in total. The van der Waals surface area contributed by atoms with Crippen LogP contribution in [0.3, 0.4) is 0 Å². The third-order valence-electron chi connectivity index (χ3n) is 4.30. The number of ether oxygens (including phenoxy) is 1. The molecule has 2 N–H and O–H groups in total. The van der Waals surface area contributed by atoms with Crippen molar-refractivity contribution in [1.82, 2.24) is 5.32 Å². The van der Waals surface area contributed by atoms with Crippen molar-refractivity contribution < 1.29 is 27.9 Å². The molecular weight excluding hydrogens is 394 g/mol. The van der Waals surface area contributed by atoms with Crippen molar-refractivity contribution in [3.05, 3.63) is 65.7 Å². The standard InChI is InChI=1S/C22H24F2N2O4/c1-13(2)20(26-19(27)11-15-7-5-4-6-8-15)22(29)30-14(3)21(28)25-18-10-9-16(23)12-17(18)24/h4-10,12-14,20H,11H2,1-3H3,(H,25,28)(H,26,27)/t14-,20+/m1/s1. The van der Waals surface area contributed by atoms with Crippen LogP contribution in [0.1, 0.15) is 26.3 Å². The van der Waals surface area contributed by atoms with Gasteiger partial charge in [-0.3, -0.25) is 9.59 Å². The van der Waals surface area contributed by atoms with Crippen LogP contribution in [-0.2, 0) is 25.5 Å². The first-order valence-electron chi connectivity index (χ1n) is 9.47. The van der Waals surface area contributed by atoms with E-state index in [1.165, 1.54) is 6.92 Å². The number of hydrogen-bond acceptors (Lipinski definition) is 4. The summed E-state index contributed by atoms with van der Waals surface area (Å²) in [5.41, 5.74) is 0.556. The number of benzene rings is 2. The number of esters is 1. The Labute approximate surface area is 173 Å². The van der Waals surface area contributed by atoms with Crippen molar-refractivity contribution >= 4 is 23.5 Å².